The Morgan fingerprint density at radius 1 is 1.24 bits per heavy atom. The van der Waals surface area contributed by atoms with Crippen LogP contribution >= 0.6 is 11.6 Å². The quantitative estimate of drug-likeness (QED) is 0.571. The molecule has 0 saturated heterocycles. The summed E-state index contributed by atoms with van der Waals surface area (Å²) in [6.07, 6.45) is 2.15. The lowest BCUT2D eigenvalue weighted by Gasteiger charge is -2.10. The van der Waals surface area contributed by atoms with Gasteiger partial charge in [-0.15, -0.1) is 11.6 Å². The maximum absolute atomic E-state index is 11.6. The largest absolute Gasteiger partial charge is 0.352 e. The Morgan fingerprint density at radius 2 is 2.00 bits per heavy atom. The van der Waals surface area contributed by atoms with Crippen molar-refractivity contribution in [2.24, 2.45) is 5.92 Å². The van der Waals surface area contributed by atoms with Crippen LogP contribution in [0.1, 0.15) is 38.7 Å². The normalized spacial score (nSPS) is 10.5. The molecule has 21 heavy (non-hydrogen) atoms. The van der Waals surface area contributed by atoms with Crippen molar-refractivity contribution in [1.82, 2.24) is 5.32 Å². The van der Waals surface area contributed by atoms with Crippen LogP contribution in [0.25, 0.3) is 0 Å². The lowest BCUT2D eigenvalue weighted by Crippen LogP contribution is -2.22. The molecule has 0 bridgehead atoms. The number of benzene rings is 1. The second-order valence-corrected chi connectivity index (χ2v) is 5.65. The fourth-order valence-corrected chi connectivity index (χ4v) is 1.90. The zero-order valence-corrected chi connectivity index (χ0v) is 13.4. The molecule has 1 aromatic rings. The third-order valence-corrected chi connectivity index (χ3v) is 3.26. The van der Waals surface area contributed by atoms with E-state index >= 15 is 0 Å². The van der Waals surface area contributed by atoms with Crippen LogP contribution in [-0.4, -0.2) is 17.7 Å². The number of anilines is 1. The van der Waals surface area contributed by atoms with E-state index in [0.717, 1.165) is 24.1 Å². The topological polar surface area (TPSA) is 58.2 Å². The fourth-order valence-electron chi connectivity index (χ4n) is 1.71. The van der Waals surface area contributed by atoms with Gasteiger partial charge in [-0.2, -0.15) is 0 Å². The molecule has 0 unspecified atom stereocenters. The molecule has 0 fully saturated rings. The van der Waals surface area contributed by atoms with Crippen molar-refractivity contribution in [3.63, 3.8) is 0 Å². The van der Waals surface area contributed by atoms with E-state index in [-0.39, 0.29) is 17.7 Å². The number of unbranched alkanes of at least 4 members (excludes halogenated alkanes) is 1. The Morgan fingerprint density at radius 3 is 2.67 bits per heavy atom. The van der Waals surface area contributed by atoms with Crippen LogP contribution < -0.4 is 10.6 Å². The van der Waals surface area contributed by atoms with Crippen LogP contribution in [0.4, 0.5) is 5.69 Å². The highest BCUT2D eigenvalue weighted by Gasteiger charge is 2.07. The number of amides is 2. The first-order valence-corrected chi connectivity index (χ1v) is 7.79. The number of hydrogen-bond acceptors (Lipinski definition) is 2. The van der Waals surface area contributed by atoms with Crippen molar-refractivity contribution >= 4 is 29.1 Å². The van der Waals surface area contributed by atoms with Gasteiger partial charge < -0.3 is 10.6 Å². The number of alkyl halides is 1. The van der Waals surface area contributed by atoms with E-state index < -0.39 is 0 Å². The minimum Gasteiger partial charge on any atom is -0.352 e. The molecule has 0 aromatic heterocycles. The Labute approximate surface area is 131 Å². The summed E-state index contributed by atoms with van der Waals surface area (Å²) in [5.41, 5.74) is 1.71. The summed E-state index contributed by atoms with van der Waals surface area (Å²) < 4.78 is 0. The lowest BCUT2D eigenvalue weighted by atomic mass is 10.1. The Balaban J connectivity index is 2.45. The lowest BCUT2D eigenvalue weighted by molar-refractivity contribution is -0.121. The first-order chi connectivity index (χ1) is 10.0. The molecule has 0 aliphatic heterocycles. The van der Waals surface area contributed by atoms with Gasteiger partial charge in [-0.1, -0.05) is 26.0 Å². The summed E-state index contributed by atoms with van der Waals surface area (Å²) in [4.78, 5) is 23.3. The van der Waals surface area contributed by atoms with Crippen molar-refractivity contribution in [1.29, 1.82) is 0 Å². The van der Waals surface area contributed by atoms with Gasteiger partial charge in [-0.3, -0.25) is 9.59 Å². The number of rotatable bonds is 8. The van der Waals surface area contributed by atoms with Gasteiger partial charge in [0.25, 0.3) is 0 Å². The van der Waals surface area contributed by atoms with Crippen LogP contribution in [0.2, 0.25) is 0 Å². The molecule has 0 atom stereocenters. The predicted octanol–water partition coefficient (Wildman–Crippen LogP) is 3.31. The van der Waals surface area contributed by atoms with E-state index in [4.69, 9.17) is 11.6 Å². The summed E-state index contributed by atoms with van der Waals surface area (Å²) in [6, 6.07) is 7.50. The second-order valence-electron chi connectivity index (χ2n) is 5.27. The highest BCUT2D eigenvalue weighted by molar-refractivity contribution is 6.17. The standard InChI is InChI=1S/C16H23ClN2O2/c1-12(2)16(21)19-14-7-5-6-13(10-14)11-18-15(20)8-3-4-9-17/h5-7,10,12H,3-4,8-9,11H2,1-2H3,(H,18,20)(H,19,21). The van der Waals surface area contributed by atoms with Crippen LogP contribution in [-0.2, 0) is 16.1 Å². The molecule has 0 aliphatic carbocycles. The molecule has 0 radical (unpaired) electrons. The van der Waals surface area contributed by atoms with Gasteiger partial charge in [0, 0.05) is 30.5 Å². The van der Waals surface area contributed by atoms with E-state index in [2.05, 4.69) is 10.6 Å². The monoisotopic (exact) mass is 310 g/mol. The molecular weight excluding hydrogens is 288 g/mol. The van der Waals surface area contributed by atoms with E-state index in [1.54, 1.807) is 0 Å². The smallest absolute Gasteiger partial charge is 0.226 e. The number of carbonyl (C=O) groups is 2. The van der Waals surface area contributed by atoms with Crippen LogP contribution in [0.5, 0.6) is 0 Å². The average molecular weight is 311 g/mol. The maximum Gasteiger partial charge on any atom is 0.226 e. The fraction of sp³-hybridized carbons (Fsp3) is 0.500. The summed E-state index contributed by atoms with van der Waals surface area (Å²) in [5.74, 6) is 0.537. The van der Waals surface area contributed by atoms with E-state index in [0.29, 0.717) is 18.8 Å². The molecule has 2 N–H and O–H groups in total. The Hall–Kier alpha value is -1.55. The predicted molar refractivity (Wildman–Crippen MR) is 86.3 cm³/mol. The molecule has 1 aromatic carbocycles. The average Bonchev–Trinajstić information content (AvgIpc) is 2.45. The minimum atomic E-state index is -0.0599. The third kappa shape index (κ3) is 7.14. The molecule has 0 spiro atoms. The molecule has 1 rings (SSSR count). The zero-order valence-electron chi connectivity index (χ0n) is 12.6. The molecular formula is C16H23ClN2O2. The van der Waals surface area contributed by atoms with Crippen molar-refractivity contribution in [3.8, 4) is 0 Å². The van der Waals surface area contributed by atoms with Crippen molar-refractivity contribution < 1.29 is 9.59 Å². The third-order valence-electron chi connectivity index (χ3n) is 3.00. The van der Waals surface area contributed by atoms with Gasteiger partial charge in [-0.25, -0.2) is 0 Å². The summed E-state index contributed by atoms with van der Waals surface area (Å²) >= 11 is 5.57. The molecule has 0 saturated carbocycles. The first-order valence-electron chi connectivity index (χ1n) is 7.25. The van der Waals surface area contributed by atoms with Gasteiger partial charge in [0.05, 0.1) is 0 Å². The summed E-state index contributed by atoms with van der Waals surface area (Å²) in [5, 5.41) is 5.71. The highest BCUT2D eigenvalue weighted by atomic mass is 35.5. The van der Waals surface area contributed by atoms with Crippen molar-refractivity contribution in [2.45, 2.75) is 39.7 Å². The molecule has 5 heteroatoms. The first kappa shape index (κ1) is 17.5. The SMILES string of the molecule is CC(C)C(=O)Nc1cccc(CNC(=O)CCCCCl)c1. The Bertz CT molecular complexity index is 475. The number of carbonyl (C=O) groups excluding carboxylic acids is 2. The van der Waals surface area contributed by atoms with Gasteiger partial charge in [-0.05, 0) is 30.5 Å². The van der Waals surface area contributed by atoms with Crippen LogP contribution in [0.15, 0.2) is 24.3 Å². The van der Waals surface area contributed by atoms with Gasteiger partial charge in [0.2, 0.25) is 11.8 Å². The van der Waals surface area contributed by atoms with Crippen LogP contribution in [0, 0.1) is 5.92 Å². The van der Waals surface area contributed by atoms with E-state index in [1.165, 1.54) is 0 Å². The summed E-state index contributed by atoms with van der Waals surface area (Å²) in [7, 11) is 0. The van der Waals surface area contributed by atoms with E-state index in [9.17, 15) is 9.59 Å². The zero-order chi connectivity index (χ0) is 15.7. The molecule has 4 nitrogen and oxygen atoms in total. The van der Waals surface area contributed by atoms with Gasteiger partial charge in [0.15, 0.2) is 0 Å². The summed E-state index contributed by atoms with van der Waals surface area (Å²) in [6.45, 7) is 4.16. The molecule has 2 amide bonds. The molecule has 0 aliphatic rings. The Kier molecular flexibility index (Phi) is 7.83. The van der Waals surface area contributed by atoms with Crippen molar-refractivity contribution in [3.05, 3.63) is 29.8 Å². The molecule has 0 heterocycles. The minimum absolute atomic E-state index is 0.0164. The maximum atomic E-state index is 11.6. The second kappa shape index (κ2) is 9.40. The van der Waals surface area contributed by atoms with Crippen LogP contribution in [0.3, 0.4) is 0 Å². The number of nitrogens with one attached hydrogen (secondary N) is 2. The van der Waals surface area contributed by atoms with E-state index in [1.807, 2.05) is 38.1 Å². The van der Waals surface area contributed by atoms with Gasteiger partial charge >= 0.3 is 0 Å². The number of halogens is 1. The van der Waals surface area contributed by atoms with Crippen molar-refractivity contribution in [2.75, 3.05) is 11.2 Å². The number of hydrogen-bond donors (Lipinski definition) is 2. The molecule has 116 valence electrons. The van der Waals surface area contributed by atoms with Gasteiger partial charge in [0.1, 0.15) is 0 Å². The highest BCUT2D eigenvalue weighted by Crippen LogP contribution is 2.12.